The highest BCUT2D eigenvalue weighted by Crippen LogP contribution is 2.19. The van der Waals surface area contributed by atoms with E-state index in [0.717, 1.165) is 21.9 Å². The molecule has 3 aromatic heterocycles. The molecule has 2 N–H and O–H groups in total. The van der Waals surface area contributed by atoms with E-state index in [2.05, 4.69) is 19.9 Å². The molecule has 0 atom stereocenters. The third-order valence-corrected chi connectivity index (χ3v) is 2.10. The highest BCUT2D eigenvalue weighted by atomic mass is 14.9. The van der Waals surface area contributed by atoms with E-state index in [4.69, 9.17) is 0 Å². The Kier molecular flexibility index (Phi) is 1.14. The number of H-pyrrole nitrogens is 2. The van der Waals surface area contributed by atoms with Crippen molar-refractivity contribution < 1.29 is 4.98 Å². The van der Waals surface area contributed by atoms with Crippen LogP contribution in [0.2, 0.25) is 0 Å². The Bertz CT molecular complexity index is 519. The smallest absolute Gasteiger partial charge is 0.284 e. The molecular weight excluding hydrogens is 164 g/mol. The molecule has 3 rings (SSSR count). The Morgan fingerprint density at radius 3 is 3.31 bits per heavy atom. The zero-order chi connectivity index (χ0) is 8.67. The quantitative estimate of drug-likeness (QED) is 0.547. The van der Waals surface area contributed by atoms with Gasteiger partial charge in [-0.1, -0.05) is 0 Å². The Morgan fingerprint density at radius 1 is 1.31 bits per heavy atom. The van der Waals surface area contributed by atoms with Crippen LogP contribution < -0.4 is 4.98 Å². The van der Waals surface area contributed by atoms with E-state index >= 15 is 0 Å². The van der Waals surface area contributed by atoms with Crippen LogP contribution in [-0.4, -0.2) is 15.0 Å². The fraction of sp³-hybridized carbons (Fsp3) is 0. The van der Waals surface area contributed by atoms with Gasteiger partial charge >= 0.3 is 0 Å². The summed E-state index contributed by atoms with van der Waals surface area (Å²) in [6.07, 6.45) is 7.15. The molecule has 4 nitrogen and oxygen atoms in total. The third-order valence-electron chi connectivity index (χ3n) is 2.10. The highest BCUT2D eigenvalue weighted by molar-refractivity contribution is 6.03. The molecule has 62 valence electrons. The minimum atomic E-state index is 0.960. The maximum absolute atomic E-state index is 4.24. The van der Waals surface area contributed by atoms with Gasteiger partial charge in [0.1, 0.15) is 11.7 Å². The number of rotatable bonds is 0. The second-order valence-corrected chi connectivity index (χ2v) is 2.88. The second kappa shape index (κ2) is 2.26. The summed E-state index contributed by atoms with van der Waals surface area (Å²) in [6.45, 7) is 0. The Hall–Kier alpha value is -1.97. The first-order valence-electron chi connectivity index (χ1n) is 4.02. The standard InChI is InChI=1S/C9H6N4/c1-2-10-3-6-7(1)13-8-4-11-5-12-9(6)8/h1-5,13H/p+1. The van der Waals surface area contributed by atoms with E-state index in [1.807, 2.05) is 18.5 Å². The van der Waals surface area contributed by atoms with Crippen LogP contribution in [0.25, 0.3) is 21.9 Å². The number of hydrogen-bond acceptors (Lipinski definition) is 2. The highest BCUT2D eigenvalue weighted by Gasteiger charge is 2.08. The van der Waals surface area contributed by atoms with Crippen molar-refractivity contribution in [1.82, 2.24) is 15.0 Å². The summed E-state index contributed by atoms with van der Waals surface area (Å²) >= 11 is 0. The van der Waals surface area contributed by atoms with Crippen molar-refractivity contribution in [3.63, 3.8) is 0 Å². The minimum Gasteiger partial charge on any atom is -0.348 e. The summed E-state index contributed by atoms with van der Waals surface area (Å²) < 4.78 is 0. The molecule has 4 heteroatoms. The molecule has 0 aliphatic rings. The molecule has 0 fully saturated rings. The lowest BCUT2D eigenvalue weighted by Crippen LogP contribution is -1.99. The lowest BCUT2D eigenvalue weighted by Gasteiger charge is -1.82. The van der Waals surface area contributed by atoms with E-state index in [1.165, 1.54) is 0 Å². The zero-order valence-electron chi connectivity index (χ0n) is 6.78. The van der Waals surface area contributed by atoms with Gasteiger partial charge < -0.3 is 4.98 Å². The van der Waals surface area contributed by atoms with Crippen LogP contribution in [0.3, 0.4) is 0 Å². The molecule has 3 heterocycles. The predicted molar refractivity (Wildman–Crippen MR) is 48.0 cm³/mol. The molecule has 3 aromatic rings. The number of nitrogens with zero attached hydrogens (tertiary/aromatic N) is 2. The first kappa shape index (κ1) is 6.54. The van der Waals surface area contributed by atoms with Crippen molar-refractivity contribution in [2.45, 2.75) is 0 Å². The second-order valence-electron chi connectivity index (χ2n) is 2.88. The number of aromatic amines is 2. The van der Waals surface area contributed by atoms with Crippen molar-refractivity contribution in [3.05, 3.63) is 31.0 Å². The van der Waals surface area contributed by atoms with Crippen molar-refractivity contribution in [2.24, 2.45) is 0 Å². The molecule has 0 aliphatic heterocycles. The normalized spacial score (nSPS) is 11.1. The number of hydrogen-bond donors (Lipinski definition) is 1. The number of fused-ring (bicyclic) bond motifs is 3. The van der Waals surface area contributed by atoms with E-state index in [9.17, 15) is 0 Å². The zero-order valence-corrected chi connectivity index (χ0v) is 6.78. The summed E-state index contributed by atoms with van der Waals surface area (Å²) in [5, 5.41) is 1.06. The van der Waals surface area contributed by atoms with Crippen LogP contribution >= 0.6 is 0 Å². The first-order valence-corrected chi connectivity index (χ1v) is 4.02. The topological polar surface area (TPSA) is 55.7 Å². The molecule has 0 radical (unpaired) electrons. The molecule has 0 spiro atoms. The van der Waals surface area contributed by atoms with Crippen LogP contribution in [0.1, 0.15) is 0 Å². The largest absolute Gasteiger partial charge is 0.348 e. The molecule has 0 unspecified atom stereocenters. The van der Waals surface area contributed by atoms with Crippen LogP contribution in [0.5, 0.6) is 0 Å². The number of nitrogens with one attached hydrogen (secondary N) is 2. The Morgan fingerprint density at radius 2 is 2.31 bits per heavy atom. The summed E-state index contributed by atoms with van der Waals surface area (Å²) in [7, 11) is 0. The number of aromatic nitrogens is 4. The fourth-order valence-corrected chi connectivity index (χ4v) is 1.51. The maximum Gasteiger partial charge on any atom is 0.284 e. The van der Waals surface area contributed by atoms with E-state index in [1.54, 1.807) is 12.5 Å². The van der Waals surface area contributed by atoms with Crippen molar-refractivity contribution in [3.8, 4) is 0 Å². The van der Waals surface area contributed by atoms with Gasteiger partial charge in [0.25, 0.3) is 6.33 Å². The van der Waals surface area contributed by atoms with Crippen molar-refractivity contribution in [2.75, 3.05) is 0 Å². The van der Waals surface area contributed by atoms with Gasteiger partial charge in [-0.2, -0.15) is 0 Å². The Balaban J connectivity index is 2.64. The molecule has 0 aliphatic carbocycles. The van der Waals surface area contributed by atoms with Gasteiger partial charge in [0.05, 0.1) is 10.9 Å². The molecule has 0 saturated heterocycles. The molecule has 0 bridgehead atoms. The van der Waals surface area contributed by atoms with Gasteiger partial charge in [-0.15, -0.1) is 0 Å². The molecule has 13 heavy (non-hydrogen) atoms. The molecule has 0 saturated carbocycles. The first-order chi connectivity index (χ1) is 6.45. The predicted octanol–water partition coefficient (Wildman–Crippen LogP) is 0.925. The third kappa shape index (κ3) is 0.823. The maximum atomic E-state index is 4.24. The van der Waals surface area contributed by atoms with Crippen LogP contribution in [0.15, 0.2) is 31.0 Å². The van der Waals surface area contributed by atoms with Crippen molar-refractivity contribution in [1.29, 1.82) is 0 Å². The molecule has 0 amide bonds. The van der Waals surface area contributed by atoms with Gasteiger partial charge in [-0.3, -0.25) is 4.98 Å². The summed E-state index contributed by atoms with van der Waals surface area (Å²) in [4.78, 5) is 14.5. The van der Waals surface area contributed by atoms with Crippen LogP contribution in [0.4, 0.5) is 0 Å². The fourth-order valence-electron chi connectivity index (χ4n) is 1.51. The van der Waals surface area contributed by atoms with E-state index < -0.39 is 0 Å². The lowest BCUT2D eigenvalue weighted by atomic mass is 10.3. The van der Waals surface area contributed by atoms with Gasteiger partial charge in [0, 0.05) is 12.4 Å². The summed E-state index contributed by atoms with van der Waals surface area (Å²) in [6, 6.07) is 1.94. The SMILES string of the molecule is c1cc2[nH]c3c[nH+]cnc3c2cn1. The Labute approximate surface area is 73.7 Å². The summed E-state index contributed by atoms with van der Waals surface area (Å²) in [5.74, 6) is 0. The molecule has 0 aromatic carbocycles. The van der Waals surface area contributed by atoms with Gasteiger partial charge in [0.15, 0.2) is 0 Å². The monoisotopic (exact) mass is 171 g/mol. The minimum absolute atomic E-state index is 0.960. The lowest BCUT2D eigenvalue weighted by molar-refractivity contribution is -0.380. The summed E-state index contributed by atoms with van der Waals surface area (Å²) in [5.41, 5.74) is 3.03. The molecular formula is C9H7N4+. The average molecular weight is 171 g/mol. The number of pyridine rings is 1. The van der Waals surface area contributed by atoms with Crippen LogP contribution in [0, 0.1) is 0 Å². The van der Waals surface area contributed by atoms with E-state index in [0.29, 0.717) is 0 Å². The van der Waals surface area contributed by atoms with E-state index in [-0.39, 0.29) is 0 Å². The van der Waals surface area contributed by atoms with Crippen LogP contribution in [-0.2, 0) is 0 Å². The van der Waals surface area contributed by atoms with Gasteiger partial charge in [-0.25, -0.2) is 4.98 Å². The van der Waals surface area contributed by atoms with Gasteiger partial charge in [0.2, 0.25) is 5.52 Å². The van der Waals surface area contributed by atoms with Crippen molar-refractivity contribution >= 4 is 21.9 Å². The van der Waals surface area contributed by atoms with Gasteiger partial charge in [-0.05, 0) is 11.1 Å². The average Bonchev–Trinajstić information content (AvgIpc) is 2.56.